The van der Waals surface area contributed by atoms with Gasteiger partial charge >= 0.3 is 0 Å². The highest BCUT2D eigenvalue weighted by Gasteiger charge is 2.00. The van der Waals surface area contributed by atoms with Crippen LogP contribution in [0.5, 0.6) is 0 Å². The number of nitrogen functional groups attached to an aromatic ring is 2. The van der Waals surface area contributed by atoms with Crippen LogP contribution in [0.15, 0.2) is 117 Å². The summed E-state index contributed by atoms with van der Waals surface area (Å²) in [4.78, 5) is 2.28. The number of nitrogens with one attached hydrogen (secondary N) is 2. The van der Waals surface area contributed by atoms with Crippen LogP contribution in [0, 0.1) is 0 Å². The van der Waals surface area contributed by atoms with Gasteiger partial charge in [0.15, 0.2) is 0 Å². The van der Waals surface area contributed by atoms with E-state index >= 15 is 0 Å². The molecule has 154 valence electrons. The summed E-state index contributed by atoms with van der Waals surface area (Å²) in [6, 6.07) is 31.0. The van der Waals surface area contributed by atoms with Crippen LogP contribution >= 0.6 is 11.8 Å². The maximum atomic E-state index is 5.70. The topological polar surface area (TPSA) is 101 Å². The highest BCUT2D eigenvalue weighted by atomic mass is 32.2. The van der Waals surface area contributed by atoms with Crippen LogP contribution in [0.25, 0.3) is 0 Å². The van der Waals surface area contributed by atoms with E-state index in [4.69, 9.17) is 11.5 Å². The predicted molar refractivity (Wildman–Crippen MR) is 130 cm³/mol. The van der Waals surface area contributed by atoms with E-state index in [1.165, 1.54) is 0 Å². The lowest BCUT2D eigenvalue weighted by Gasteiger charge is -2.10. The second-order valence-corrected chi connectivity index (χ2v) is 7.93. The Kier molecular flexibility index (Phi) is 6.35. The number of benzene rings is 4. The van der Waals surface area contributed by atoms with Crippen LogP contribution < -0.4 is 22.3 Å². The van der Waals surface area contributed by atoms with Crippen LogP contribution in [0.2, 0.25) is 0 Å². The van der Waals surface area contributed by atoms with Gasteiger partial charge in [0, 0.05) is 21.2 Å². The van der Waals surface area contributed by atoms with E-state index in [1.807, 2.05) is 84.9 Å². The summed E-state index contributed by atoms with van der Waals surface area (Å²) >= 11 is 1.69. The molecule has 0 radical (unpaired) electrons. The molecular weight excluding hydrogens is 404 g/mol. The second kappa shape index (κ2) is 9.69. The summed E-state index contributed by atoms with van der Waals surface area (Å²) in [7, 11) is 0. The SMILES string of the molecule is Nc1ccc(/N=N/c2ccc(Sc3ccc(NNc4ccc(N)cc4)cc3)cc2)cc1. The molecule has 0 bridgehead atoms. The number of hydrogen-bond donors (Lipinski definition) is 4. The van der Waals surface area contributed by atoms with E-state index in [9.17, 15) is 0 Å². The van der Waals surface area contributed by atoms with Crippen LogP contribution in [-0.2, 0) is 0 Å². The van der Waals surface area contributed by atoms with Gasteiger partial charge in [-0.3, -0.25) is 0 Å². The zero-order chi connectivity index (χ0) is 21.5. The standard InChI is InChI=1S/C24H22N6S/c25-17-1-5-19(6-2-17)27-29-21-9-13-23(14-10-21)31-24-15-11-22(12-16-24)30-28-20-7-3-18(26)4-8-20/h1-16,27,29H,25-26H2/b30-28+. The van der Waals surface area contributed by atoms with E-state index in [-0.39, 0.29) is 0 Å². The van der Waals surface area contributed by atoms with E-state index in [0.717, 1.165) is 38.2 Å². The molecule has 0 unspecified atom stereocenters. The second-order valence-electron chi connectivity index (χ2n) is 6.78. The van der Waals surface area contributed by atoms with Crippen molar-refractivity contribution in [2.45, 2.75) is 9.79 Å². The van der Waals surface area contributed by atoms with Crippen molar-refractivity contribution < 1.29 is 0 Å². The molecule has 0 heterocycles. The van der Waals surface area contributed by atoms with Crippen molar-refractivity contribution in [2.75, 3.05) is 22.3 Å². The lowest BCUT2D eigenvalue weighted by molar-refractivity contribution is 1.22. The van der Waals surface area contributed by atoms with Crippen LogP contribution in [0.4, 0.5) is 34.1 Å². The molecule has 7 heteroatoms. The van der Waals surface area contributed by atoms with Crippen molar-refractivity contribution >= 4 is 45.9 Å². The van der Waals surface area contributed by atoms with Crippen molar-refractivity contribution in [3.63, 3.8) is 0 Å². The third kappa shape index (κ3) is 6.01. The van der Waals surface area contributed by atoms with Crippen molar-refractivity contribution in [3.05, 3.63) is 97.1 Å². The Morgan fingerprint density at radius 2 is 0.839 bits per heavy atom. The smallest absolute Gasteiger partial charge is 0.0858 e. The molecular formula is C24H22N6S. The summed E-state index contributed by atoms with van der Waals surface area (Å²) in [6.45, 7) is 0. The molecule has 0 atom stereocenters. The average Bonchev–Trinajstić information content (AvgIpc) is 2.80. The largest absolute Gasteiger partial charge is 0.399 e. The molecule has 0 saturated heterocycles. The van der Waals surface area contributed by atoms with E-state index in [1.54, 1.807) is 11.8 Å². The van der Waals surface area contributed by atoms with Crippen molar-refractivity contribution in [3.8, 4) is 0 Å². The average molecular weight is 427 g/mol. The van der Waals surface area contributed by atoms with Gasteiger partial charge in [0.05, 0.1) is 22.7 Å². The minimum atomic E-state index is 0.710. The van der Waals surface area contributed by atoms with Gasteiger partial charge in [0.25, 0.3) is 0 Å². The number of anilines is 4. The first kappa shape index (κ1) is 20.3. The van der Waals surface area contributed by atoms with Gasteiger partial charge in [-0.25, -0.2) is 0 Å². The Balaban J connectivity index is 1.31. The molecule has 6 N–H and O–H groups in total. The minimum absolute atomic E-state index is 0.710. The Morgan fingerprint density at radius 3 is 1.32 bits per heavy atom. The molecule has 0 aliphatic rings. The fraction of sp³-hybridized carbons (Fsp3) is 0. The van der Waals surface area contributed by atoms with Crippen LogP contribution in [0.1, 0.15) is 0 Å². The molecule has 0 aliphatic carbocycles. The predicted octanol–water partition coefficient (Wildman–Crippen LogP) is 6.86. The normalized spacial score (nSPS) is 10.8. The number of hydrogen-bond acceptors (Lipinski definition) is 7. The number of hydrazine groups is 1. The fourth-order valence-corrected chi connectivity index (χ4v) is 3.51. The molecule has 6 nitrogen and oxygen atoms in total. The number of nitrogens with two attached hydrogens (primary N) is 2. The molecule has 4 rings (SSSR count). The first-order valence-corrected chi connectivity index (χ1v) is 10.5. The van der Waals surface area contributed by atoms with Gasteiger partial charge in [0.2, 0.25) is 0 Å². The van der Waals surface area contributed by atoms with Crippen LogP contribution in [0.3, 0.4) is 0 Å². The maximum Gasteiger partial charge on any atom is 0.0858 e. The molecule has 4 aromatic carbocycles. The van der Waals surface area contributed by atoms with Gasteiger partial charge in [-0.2, -0.15) is 10.2 Å². The molecule has 0 spiro atoms. The lowest BCUT2D eigenvalue weighted by Crippen LogP contribution is -2.08. The summed E-state index contributed by atoms with van der Waals surface area (Å²) < 4.78 is 0. The van der Waals surface area contributed by atoms with E-state index in [0.29, 0.717) is 5.69 Å². The number of azo groups is 1. The van der Waals surface area contributed by atoms with Crippen LogP contribution in [-0.4, -0.2) is 0 Å². The first-order chi connectivity index (χ1) is 15.1. The molecule has 0 fully saturated rings. The Morgan fingerprint density at radius 1 is 0.484 bits per heavy atom. The Bertz CT molecular complexity index is 1140. The summed E-state index contributed by atoms with van der Waals surface area (Å²) in [6.07, 6.45) is 0. The van der Waals surface area contributed by atoms with Crippen molar-refractivity contribution in [1.29, 1.82) is 0 Å². The van der Waals surface area contributed by atoms with Gasteiger partial charge in [0.1, 0.15) is 0 Å². The number of rotatable bonds is 7. The zero-order valence-corrected chi connectivity index (χ0v) is 17.5. The molecule has 0 saturated carbocycles. The Labute approximate surface area is 185 Å². The molecule has 0 aliphatic heterocycles. The number of nitrogens with zero attached hydrogens (tertiary/aromatic N) is 2. The van der Waals surface area contributed by atoms with Crippen molar-refractivity contribution in [1.82, 2.24) is 0 Å². The van der Waals surface area contributed by atoms with Gasteiger partial charge in [-0.1, -0.05) is 11.8 Å². The minimum Gasteiger partial charge on any atom is -0.399 e. The summed E-state index contributed by atoms with van der Waals surface area (Å²) in [5, 5.41) is 8.50. The lowest BCUT2D eigenvalue weighted by atomic mass is 10.3. The fourth-order valence-electron chi connectivity index (χ4n) is 2.69. The zero-order valence-electron chi connectivity index (χ0n) is 16.7. The van der Waals surface area contributed by atoms with Crippen molar-refractivity contribution in [2.24, 2.45) is 10.2 Å². The molecule has 4 aromatic rings. The quantitative estimate of drug-likeness (QED) is 0.147. The Hall–Kier alpha value is -3.97. The summed E-state index contributed by atoms with van der Waals surface area (Å²) in [5.41, 5.74) is 22.7. The van der Waals surface area contributed by atoms with E-state index in [2.05, 4.69) is 33.2 Å². The maximum absolute atomic E-state index is 5.70. The third-order valence-corrected chi connectivity index (χ3v) is 5.38. The summed E-state index contributed by atoms with van der Waals surface area (Å²) in [5.74, 6) is 0. The monoisotopic (exact) mass is 426 g/mol. The van der Waals surface area contributed by atoms with Gasteiger partial charge < -0.3 is 22.3 Å². The molecule has 0 aromatic heterocycles. The third-order valence-electron chi connectivity index (χ3n) is 4.36. The van der Waals surface area contributed by atoms with E-state index < -0.39 is 0 Å². The van der Waals surface area contributed by atoms with Gasteiger partial charge in [-0.05, 0) is 97.1 Å². The highest BCUT2D eigenvalue weighted by Crippen LogP contribution is 2.30. The highest BCUT2D eigenvalue weighted by molar-refractivity contribution is 7.99. The first-order valence-electron chi connectivity index (χ1n) is 9.67. The van der Waals surface area contributed by atoms with Gasteiger partial charge in [-0.15, -0.1) is 0 Å². The molecule has 0 amide bonds. The molecule has 31 heavy (non-hydrogen) atoms.